The van der Waals surface area contributed by atoms with Crippen LogP contribution in [0.4, 0.5) is 0 Å². The molecule has 0 saturated heterocycles. The molecule has 0 amide bonds. The van der Waals surface area contributed by atoms with Gasteiger partial charge in [0.25, 0.3) is 0 Å². The third-order valence-corrected chi connectivity index (χ3v) is 3.11. The highest BCUT2D eigenvalue weighted by Crippen LogP contribution is 2.21. The first kappa shape index (κ1) is 12.2. The van der Waals surface area contributed by atoms with Gasteiger partial charge in [0.15, 0.2) is 0 Å². The van der Waals surface area contributed by atoms with E-state index < -0.39 is 0 Å². The van der Waals surface area contributed by atoms with Crippen molar-refractivity contribution in [1.29, 1.82) is 5.26 Å². The second-order valence-corrected chi connectivity index (χ2v) is 4.38. The number of hydrogen-bond acceptors (Lipinski definition) is 2. The Hall–Kier alpha value is -0.850. The van der Waals surface area contributed by atoms with E-state index in [9.17, 15) is 0 Å². The minimum Gasteiger partial charge on any atom is -0.298 e. The van der Waals surface area contributed by atoms with Crippen molar-refractivity contribution in [3.8, 4) is 6.07 Å². The Kier molecular flexibility index (Phi) is 4.80. The monoisotopic (exact) mass is 266 g/mol. The SMILES string of the molecule is CCCNC(C#N)c1ccc(C)c(Br)c1. The van der Waals surface area contributed by atoms with E-state index in [0.29, 0.717) is 0 Å². The first-order valence-corrected chi connectivity index (χ1v) is 5.87. The molecule has 0 saturated carbocycles. The first-order valence-electron chi connectivity index (χ1n) is 5.08. The molecule has 2 nitrogen and oxygen atoms in total. The summed E-state index contributed by atoms with van der Waals surface area (Å²) in [5.74, 6) is 0. The van der Waals surface area contributed by atoms with Crippen LogP contribution < -0.4 is 5.32 Å². The quantitative estimate of drug-likeness (QED) is 0.908. The molecule has 0 spiro atoms. The summed E-state index contributed by atoms with van der Waals surface area (Å²) in [7, 11) is 0. The number of nitriles is 1. The van der Waals surface area contributed by atoms with Gasteiger partial charge >= 0.3 is 0 Å². The fourth-order valence-electron chi connectivity index (χ4n) is 1.32. The van der Waals surface area contributed by atoms with E-state index in [1.165, 1.54) is 5.56 Å². The van der Waals surface area contributed by atoms with Gasteiger partial charge in [-0.25, -0.2) is 0 Å². The lowest BCUT2D eigenvalue weighted by Gasteiger charge is -2.12. The van der Waals surface area contributed by atoms with Gasteiger partial charge in [0, 0.05) is 4.47 Å². The maximum absolute atomic E-state index is 9.04. The maximum atomic E-state index is 9.04. The van der Waals surface area contributed by atoms with E-state index >= 15 is 0 Å². The van der Waals surface area contributed by atoms with Crippen molar-refractivity contribution < 1.29 is 0 Å². The van der Waals surface area contributed by atoms with E-state index in [4.69, 9.17) is 5.26 Å². The molecule has 0 bridgehead atoms. The van der Waals surface area contributed by atoms with Crippen molar-refractivity contribution in [2.75, 3.05) is 6.54 Å². The van der Waals surface area contributed by atoms with Crippen molar-refractivity contribution in [2.24, 2.45) is 0 Å². The number of aryl methyl sites for hydroxylation is 1. The van der Waals surface area contributed by atoms with Crippen molar-refractivity contribution in [1.82, 2.24) is 5.32 Å². The van der Waals surface area contributed by atoms with Gasteiger partial charge in [0.1, 0.15) is 6.04 Å². The van der Waals surface area contributed by atoms with Gasteiger partial charge in [-0.2, -0.15) is 5.26 Å². The Balaban J connectivity index is 2.84. The van der Waals surface area contributed by atoms with Gasteiger partial charge in [0.2, 0.25) is 0 Å². The lowest BCUT2D eigenvalue weighted by atomic mass is 10.1. The molecule has 0 fully saturated rings. The molecule has 1 rings (SSSR count). The molecule has 0 aliphatic carbocycles. The van der Waals surface area contributed by atoms with Crippen LogP contribution in [-0.4, -0.2) is 6.54 Å². The van der Waals surface area contributed by atoms with Crippen LogP contribution >= 0.6 is 15.9 Å². The van der Waals surface area contributed by atoms with Crippen LogP contribution in [0, 0.1) is 18.3 Å². The Morgan fingerprint density at radius 1 is 1.53 bits per heavy atom. The molecule has 0 aromatic heterocycles. The van der Waals surface area contributed by atoms with E-state index in [-0.39, 0.29) is 6.04 Å². The van der Waals surface area contributed by atoms with Crippen LogP contribution in [0.3, 0.4) is 0 Å². The fourth-order valence-corrected chi connectivity index (χ4v) is 1.71. The van der Waals surface area contributed by atoms with Gasteiger partial charge < -0.3 is 0 Å². The molecule has 15 heavy (non-hydrogen) atoms. The molecule has 1 unspecified atom stereocenters. The Morgan fingerprint density at radius 3 is 2.80 bits per heavy atom. The van der Waals surface area contributed by atoms with E-state index in [1.807, 2.05) is 25.1 Å². The summed E-state index contributed by atoms with van der Waals surface area (Å²) in [6.45, 7) is 4.99. The average Bonchev–Trinajstić information content (AvgIpc) is 2.24. The molecular formula is C12H15BrN2. The highest BCUT2D eigenvalue weighted by atomic mass is 79.9. The first-order chi connectivity index (χ1) is 7.19. The minimum absolute atomic E-state index is 0.207. The molecule has 80 valence electrons. The van der Waals surface area contributed by atoms with Crippen LogP contribution in [0.5, 0.6) is 0 Å². The van der Waals surface area contributed by atoms with Crippen molar-refractivity contribution in [2.45, 2.75) is 26.3 Å². The van der Waals surface area contributed by atoms with E-state index in [1.54, 1.807) is 0 Å². The summed E-state index contributed by atoms with van der Waals surface area (Å²) in [4.78, 5) is 0. The number of nitrogens with one attached hydrogen (secondary N) is 1. The molecular weight excluding hydrogens is 252 g/mol. The van der Waals surface area contributed by atoms with Gasteiger partial charge in [-0.3, -0.25) is 5.32 Å². The molecule has 0 radical (unpaired) electrons. The molecule has 1 atom stereocenters. The average molecular weight is 267 g/mol. The fraction of sp³-hybridized carbons (Fsp3) is 0.417. The van der Waals surface area contributed by atoms with Crippen LogP contribution in [-0.2, 0) is 0 Å². The van der Waals surface area contributed by atoms with E-state index in [2.05, 4.69) is 34.2 Å². The van der Waals surface area contributed by atoms with Crippen LogP contribution in [0.25, 0.3) is 0 Å². The number of benzene rings is 1. The third kappa shape index (κ3) is 3.33. The second kappa shape index (κ2) is 5.89. The zero-order chi connectivity index (χ0) is 11.3. The number of hydrogen-bond donors (Lipinski definition) is 1. The Labute approximate surface area is 99.4 Å². The summed E-state index contributed by atoms with van der Waals surface area (Å²) in [5, 5.41) is 12.2. The standard InChI is InChI=1S/C12H15BrN2/c1-3-6-15-12(8-14)10-5-4-9(2)11(13)7-10/h4-5,7,12,15H,3,6H2,1-2H3. The molecule has 0 heterocycles. The lowest BCUT2D eigenvalue weighted by Crippen LogP contribution is -2.20. The smallest absolute Gasteiger partial charge is 0.121 e. The second-order valence-electron chi connectivity index (χ2n) is 3.52. The van der Waals surface area contributed by atoms with Crippen LogP contribution in [0.2, 0.25) is 0 Å². The summed E-state index contributed by atoms with van der Waals surface area (Å²) < 4.78 is 1.05. The predicted octanol–water partition coefficient (Wildman–Crippen LogP) is 3.32. The Bertz CT molecular complexity index is 368. The molecule has 1 N–H and O–H groups in total. The molecule has 1 aromatic carbocycles. The highest BCUT2D eigenvalue weighted by Gasteiger charge is 2.09. The number of nitrogens with zero attached hydrogens (tertiary/aromatic N) is 1. The maximum Gasteiger partial charge on any atom is 0.121 e. The molecule has 3 heteroatoms. The summed E-state index contributed by atoms with van der Waals surface area (Å²) in [5.41, 5.74) is 2.20. The van der Waals surface area contributed by atoms with Crippen molar-refractivity contribution >= 4 is 15.9 Å². The third-order valence-electron chi connectivity index (χ3n) is 2.26. The predicted molar refractivity (Wildman–Crippen MR) is 65.5 cm³/mol. The topological polar surface area (TPSA) is 35.8 Å². The van der Waals surface area contributed by atoms with Crippen molar-refractivity contribution in [3.05, 3.63) is 33.8 Å². The summed E-state index contributed by atoms with van der Waals surface area (Å²) in [6.07, 6.45) is 1.03. The summed E-state index contributed by atoms with van der Waals surface area (Å²) in [6, 6.07) is 8.09. The number of rotatable bonds is 4. The molecule has 1 aromatic rings. The highest BCUT2D eigenvalue weighted by molar-refractivity contribution is 9.10. The molecule has 0 aliphatic heterocycles. The van der Waals surface area contributed by atoms with Gasteiger partial charge in [0.05, 0.1) is 6.07 Å². The van der Waals surface area contributed by atoms with Crippen LogP contribution in [0.15, 0.2) is 22.7 Å². The van der Waals surface area contributed by atoms with Gasteiger partial charge in [-0.05, 0) is 37.1 Å². The lowest BCUT2D eigenvalue weighted by molar-refractivity contribution is 0.621. The molecule has 0 aliphatic rings. The van der Waals surface area contributed by atoms with Gasteiger partial charge in [-0.15, -0.1) is 0 Å². The minimum atomic E-state index is -0.207. The van der Waals surface area contributed by atoms with E-state index in [0.717, 1.165) is 23.0 Å². The zero-order valence-electron chi connectivity index (χ0n) is 9.05. The van der Waals surface area contributed by atoms with Crippen LogP contribution in [0.1, 0.15) is 30.5 Å². The number of halogens is 1. The van der Waals surface area contributed by atoms with Crippen molar-refractivity contribution in [3.63, 3.8) is 0 Å². The summed E-state index contributed by atoms with van der Waals surface area (Å²) >= 11 is 3.47. The largest absolute Gasteiger partial charge is 0.298 e. The Morgan fingerprint density at radius 2 is 2.27 bits per heavy atom. The van der Waals surface area contributed by atoms with Gasteiger partial charge in [-0.1, -0.05) is 35.0 Å². The zero-order valence-corrected chi connectivity index (χ0v) is 10.6. The normalized spacial score (nSPS) is 12.1.